The summed E-state index contributed by atoms with van der Waals surface area (Å²) in [5, 5.41) is 4.39. The lowest BCUT2D eigenvalue weighted by Gasteiger charge is -2.04. The Morgan fingerprint density at radius 2 is 2.11 bits per heavy atom. The summed E-state index contributed by atoms with van der Waals surface area (Å²) in [6.07, 6.45) is 0. The average molecular weight is 287 g/mol. The van der Waals surface area contributed by atoms with Crippen LogP contribution in [-0.4, -0.2) is 36.3 Å². The van der Waals surface area contributed by atoms with Crippen molar-refractivity contribution in [1.29, 1.82) is 0 Å². The number of thioether (sulfide) groups is 1. The first-order valence-corrected chi connectivity index (χ1v) is 7.11. The molecule has 98 valence electrons. The Morgan fingerprint density at radius 1 is 1.39 bits per heavy atom. The van der Waals surface area contributed by atoms with Gasteiger partial charge in [-0.1, -0.05) is 0 Å². The molecule has 0 bridgehead atoms. The SMILES string of the molecule is COC(=O)CSCC(=O)Nc1ccsc1C(C)=O. The lowest BCUT2D eigenvalue weighted by Crippen LogP contribution is -2.16. The number of hydrogen-bond donors (Lipinski definition) is 1. The van der Waals surface area contributed by atoms with Crippen LogP contribution in [0, 0.1) is 0 Å². The third-order valence-electron chi connectivity index (χ3n) is 1.94. The van der Waals surface area contributed by atoms with Crippen molar-refractivity contribution < 1.29 is 19.1 Å². The molecular weight excluding hydrogens is 274 g/mol. The van der Waals surface area contributed by atoms with Gasteiger partial charge in [-0.05, 0) is 11.4 Å². The average Bonchev–Trinajstić information content (AvgIpc) is 2.76. The largest absolute Gasteiger partial charge is 0.468 e. The van der Waals surface area contributed by atoms with Crippen molar-refractivity contribution >= 4 is 46.4 Å². The Labute approximate surface area is 113 Å². The topological polar surface area (TPSA) is 72.5 Å². The van der Waals surface area contributed by atoms with Crippen LogP contribution in [0.4, 0.5) is 5.69 Å². The third kappa shape index (κ3) is 4.50. The second-order valence-corrected chi connectivity index (χ2v) is 5.24. The smallest absolute Gasteiger partial charge is 0.315 e. The number of thiophene rings is 1. The number of ketones is 1. The van der Waals surface area contributed by atoms with Gasteiger partial charge in [0, 0.05) is 6.92 Å². The van der Waals surface area contributed by atoms with Crippen LogP contribution in [0.15, 0.2) is 11.4 Å². The molecule has 0 aromatic carbocycles. The summed E-state index contributed by atoms with van der Waals surface area (Å²) in [6.45, 7) is 1.45. The highest BCUT2D eigenvalue weighted by molar-refractivity contribution is 8.00. The van der Waals surface area contributed by atoms with E-state index in [-0.39, 0.29) is 29.2 Å². The van der Waals surface area contributed by atoms with E-state index in [9.17, 15) is 14.4 Å². The molecule has 0 atom stereocenters. The minimum Gasteiger partial charge on any atom is -0.468 e. The van der Waals surface area contributed by atoms with Crippen LogP contribution < -0.4 is 5.32 Å². The zero-order chi connectivity index (χ0) is 13.5. The Bertz CT molecular complexity index is 456. The number of ether oxygens (including phenoxy) is 1. The van der Waals surface area contributed by atoms with Gasteiger partial charge in [0.05, 0.1) is 29.2 Å². The molecule has 1 aromatic rings. The van der Waals surface area contributed by atoms with E-state index in [0.717, 1.165) is 11.8 Å². The highest BCUT2D eigenvalue weighted by Gasteiger charge is 2.12. The predicted octanol–water partition coefficient (Wildman–Crippen LogP) is 1.80. The summed E-state index contributed by atoms with van der Waals surface area (Å²) >= 11 is 2.45. The Balaban J connectivity index is 2.42. The molecule has 0 spiro atoms. The molecule has 0 saturated heterocycles. The second-order valence-electron chi connectivity index (χ2n) is 3.34. The van der Waals surface area contributed by atoms with Crippen LogP contribution in [0.5, 0.6) is 0 Å². The van der Waals surface area contributed by atoms with Gasteiger partial charge in [0.15, 0.2) is 5.78 Å². The maximum atomic E-state index is 11.6. The highest BCUT2D eigenvalue weighted by atomic mass is 32.2. The van der Waals surface area contributed by atoms with E-state index >= 15 is 0 Å². The van der Waals surface area contributed by atoms with Crippen LogP contribution in [-0.2, 0) is 14.3 Å². The summed E-state index contributed by atoms with van der Waals surface area (Å²) in [5.74, 6) is -0.421. The van der Waals surface area contributed by atoms with Crippen LogP contribution in [0.25, 0.3) is 0 Å². The summed E-state index contributed by atoms with van der Waals surface area (Å²) < 4.78 is 4.45. The van der Waals surface area contributed by atoms with Gasteiger partial charge in [-0.25, -0.2) is 0 Å². The minimum atomic E-state index is -0.368. The molecule has 0 unspecified atom stereocenters. The number of carbonyl (C=O) groups excluding carboxylic acids is 3. The number of esters is 1. The number of hydrogen-bond acceptors (Lipinski definition) is 6. The van der Waals surface area contributed by atoms with Crippen molar-refractivity contribution in [3.05, 3.63) is 16.3 Å². The number of Topliss-reactive ketones (excluding diaryl/α,β-unsaturated/α-hetero) is 1. The highest BCUT2D eigenvalue weighted by Crippen LogP contribution is 2.22. The van der Waals surface area contributed by atoms with Crippen LogP contribution in [0.1, 0.15) is 16.6 Å². The molecule has 1 rings (SSSR count). The maximum Gasteiger partial charge on any atom is 0.315 e. The molecule has 1 heterocycles. The molecule has 0 saturated carbocycles. The molecule has 0 aliphatic carbocycles. The van der Waals surface area contributed by atoms with Crippen molar-refractivity contribution in [2.75, 3.05) is 23.9 Å². The second kappa shape index (κ2) is 7.17. The number of methoxy groups -OCH3 is 1. The summed E-state index contributed by atoms with van der Waals surface area (Å²) in [5.41, 5.74) is 0.524. The molecule has 7 heteroatoms. The van der Waals surface area contributed by atoms with E-state index in [1.807, 2.05) is 0 Å². The van der Waals surface area contributed by atoms with E-state index in [4.69, 9.17) is 0 Å². The Kier molecular flexibility index (Phi) is 5.87. The molecule has 0 radical (unpaired) electrons. The molecule has 0 aliphatic rings. The summed E-state index contributed by atoms with van der Waals surface area (Å²) in [7, 11) is 1.30. The van der Waals surface area contributed by atoms with E-state index in [1.165, 1.54) is 25.4 Å². The van der Waals surface area contributed by atoms with E-state index < -0.39 is 0 Å². The molecule has 0 aliphatic heterocycles. The Hall–Kier alpha value is -1.34. The quantitative estimate of drug-likeness (QED) is 0.638. The molecule has 0 fully saturated rings. The maximum absolute atomic E-state index is 11.6. The first kappa shape index (κ1) is 14.7. The van der Waals surface area contributed by atoms with E-state index in [2.05, 4.69) is 10.1 Å². The number of nitrogens with one attached hydrogen (secondary N) is 1. The van der Waals surface area contributed by atoms with Gasteiger partial charge in [0.2, 0.25) is 5.91 Å². The zero-order valence-corrected chi connectivity index (χ0v) is 11.7. The lowest BCUT2D eigenvalue weighted by molar-refractivity contribution is -0.137. The van der Waals surface area contributed by atoms with Gasteiger partial charge in [0.25, 0.3) is 0 Å². The van der Waals surface area contributed by atoms with Crippen LogP contribution in [0.3, 0.4) is 0 Å². The minimum absolute atomic E-state index is 0.0810. The summed E-state index contributed by atoms with van der Waals surface area (Å²) in [4.78, 5) is 34.2. The van der Waals surface area contributed by atoms with Gasteiger partial charge in [-0.15, -0.1) is 23.1 Å². The fraction of sp³-hybridized carbons (Fsp3) is 0.364. The van der Waals surface area contributed by atoms with Crippen molar-refractivity contribution in [3.63, 3.8) is 0 Å². The number of anilines is 1. The number of carbonyl (C=O) groups is 3. The van der Waals surface area contributed by atoms with Gasteiger partial charge in [-0.2, -0.15) is 0 Å². The van der Waals surface area contributed by atoms with Gasteiger partial charge >= 0.3 is 5.97 Å². The normalized spacial score (nSPS) is 9.89. The monoisotopic (exact) mass is 287 g/mol. The molecule has 1 amide bonds. The molecule has 1 aromatic heterocycles. The summed E-state index contributed by atoms with van der Waals surface area (Å²) in [6, 6.07) is 1.68. The van der Waals surface area contributed by atoms with Crippen molar-refractivity contribution in [2.24, 2.45) is 0 Å². The molecule has 1 N–H and O–H groups in total. The Morgan fingerprint density at radius 3 is 2.72 bits per heavy atom. The van der Waals surface area contributed by atoms with Gasteiger partial charge < -0.3 is 10.1 Å². The third-order valence-corrected chi connectivity index (χ3v) is 3.86. The van der Waals surface area contributed by atoms with E-state index in [1.54, 1.807) is 11.4 Å². The van der Waals surface area contributed by atoms with Crippen molar-refractivity contribution in [3.8, 4) is 0 Å². The molecular formula is C11H13NO4S2. The standard InChI is InChI=1S/C11H13NO4S2/c1-7(13)11-8(3-4-18-11)12-9(14)5-17-6-10(15)16-2/h3-4H,5-6H2,1-2H3,(H,12,14). The van der Waals surface area contributed by atoms with Gasteiger partial charge in [0.1, 0.15) is 0 Å². The van der Waals surface area contributed by atoms with E-state index in [0.29, 0.717) is 10.6 Å². The first-order valence-electron chi connectivity index (χ1n) is 5.07. The lowest BCUT2D eigenvalue weighted by atomic mass is 10.3. The number of rotatable bonds is 6. The zero-order valence-electron chi connectivity index (χ0n) is 10.0. The van der Waals surface area contributed by atoms with Crippen molar-refractivity contribution in [2.45, 2.75) is 6.92 Å². The fourth-order valence-corrected chi connectivity index (χ4v) is 2.55. The fourth-order valence-electron chi connectivity index (χ4n) is 1.15. The van der Waals surface area contributed by atoms with Crippen molar-refractivity contribution in [1.82, 2.24) is 0 Å². The van der Waals surface area contributed by atoms with Crippen LogP contribution >= 0.6 is 23.1 Å². The van der Waals surface area contributed by atoms with Gasteiger partial charge in [-0.3, -0.25) is 14.4 Å². The first-order chi connectivity index (χ1) is 8.54. The number of amides is 1. The van der Waals surface area contributed by atoms with Crippen LogP contribution in [0.2, 0.25) is 0 Å². The molecule has 18 heavy (non-hydrogen) atoms. The predicted molar refractivity (Wildman–Crippen MR) is 72.3 cm³/mol. The molecule has 5 nitrogen and oxygen atoms in total.